The number of nitrogens with zero attached hydrogens (tertiary/aromatic N) is 1. The molecule has 1 aliphatic carbocycles. The summed E-state index contributed by atoms with van der Waals surface area (Å²) in [5, 5.41) is 9.46. The lowest BCUT2D eigenvalue weighted by atomic mass is 9.95. The monoisotopic (exact) mass is 490 g/mol. The molecule has 7 nitrogen and oxygen atoms in total. The molecule has 1 fully saturated rings. The zero-order chi connectivity index (χ0) is 18.8. The zero-order valence-corrected chi connectivity index (χ0v) is 18.7. The van der Waals surface area contributed by atoms with Gasteiger partial charge >= 0.3 is 0 Å². The Morgan fingerprint density at radius 3 is 2.48 bits per heavy atom. The Labute approximate surface area is 178 Å². The first-order chi connectivity index (χ1) is 12.7. The average Bonchev–Trinajstić information content (AvgIpc) is 2.67. The fourth-order valence-corrected chi connectivity index (χ4v) is 3.07. The number of halogens is 1. The Balaban J connectivity index is 0.00000364. The number of anilines is 1. The van der Waals surface area contributed by atoms with E-state index < -0.39 is 0 Å². The van der Waals surface area contributed by atoms with Gasteiger partial charge in [0, 0.05) is 37.8 Å². The largest absolute Gasteiger partial charge is 0.493 e. The molecule has 1 amide bonds. The first-order valence-corrected chi connectivity index (χ1v) is 9.15. The molecule has 0 radical (unpaired) electrons. The van der Waals surface area contributed by atoms with Crippen LogP contribution in [-0.2, 0) is 4.79 Å². The second-order valence-corrected chi connectivity index (χ2v) is 6.35. The molecule has 152 valence electrons. The Morgan fingerprint density at radius 2 is 1.85 bits per heavy atom. The molecule has 0 bridgehead atoms. The van der Waals surface area contributed by atoms with Crippen molar-refractivity contribution >= 4 is 41.5 Å². The van der Waals surface area contributed by atoms with Gasteiger partial charge in [0.1, 0.15) is 0 Å². The van der Waals surface area contributed by atoms with Crippen LogP contribution >= 0.6 is 24.0 Å². The van der Waals surface area contributed by atoms with E-state index in [2.05, 4.69) is 20.9 Å². The lowest BCUT2D eigenvalue weighted by molar-refractivity contribution is -0.121. The maximum Gasteiger partial charge on any atom is 0.221 e. The molecule has 1 aromatic rings. The van der Waals surface area contributed by atoms with Crippen LogP contribution in [0.15, 0.2) is 23.2 Å². The smallest absolute Gasteiger partial charge is 0.221 e. The number of methoxy groups -OCH3 is 2. The van der Waals surface area contributed by atoms with Gasteiger partial charge in [0.05, 0.1) is 14.2 Å². The third kappa shape index (κ3) is 7.82. The highest BCUT2D eigenvalue weighted by atomic mass is 127. The molecule has 2 rings (SSSR count). The van der Waals surface area contributed by atoms with Crippen LogP contribution in [0, 0.1) is 0 Å². The molecule has 0 atom stereocenters. The molecule has 8 heteroatoms. The van der Waals surface area contributed by atoms with Gasteiger partial charge in [-0.15, -0.1) is 24.0 Å². The highest BCUT2D eigenvalue weighted by Gasteiger charge is 2.15. The predicted octanol–water partition coefficient (Wildman–Crippen LogP) is 3.15. The van der Waals surface area contributed by atoms with Crippen LogP contribution in [0.25, 0.3) is 0 Å². The molecular formula is C19H31IN4O3. The van der Waals surface area contributed by atoms with Crippen LogP contribution in [-0.4, -0.2) is 45.7 Å². The van der Waals surface area contributed by atoms with Crippen LogP contribution in [0.2, 0.25) is 0 Å². The minimum absolute atomic E-state index is 0. The molecule has 0 aliphatic heterocycles. The number of nitrogens with one attached hydrogen (secondary N) is 3. The topological polar surface area (TPSA) is 84.0 Å². The SMILES string of the molecule is CN=C(NCCC(=O)NC1CCCCC1)Nc1ccc(OC)c(OC)c1.I. The highest BCUT2D eigenvalue weighted by molar-refractivity contribution is 14.0. The summed E-state index contributed by atoms with van der Waals surface area (Å²) in [5.74, 6) is 1.99. The first kappa shape index (κ1) is 23.3. The van der Waals surface area contributed by atoms with E-state index in [1.807, 2.05) is 18.2 Å². The van der Waals surface area contributed by atoms with Crippen LogP contribution in [0.3, 0.4) is 0 Å². The van der Waals surface area contributed by atoms with Gasteiger partial charge in [-0.05, 0) is 25.0 Å². The van der Waals surface area contributed by atoms with Crippen LogP contribution in [0.4, 0.5) is 5.69 Å². The first-order valence-electron chi connectivity index (χ1n) is 9.15. The Bertz CT molecular complexity index is 619. The number of guanidine groups is 1. The van der Waals surface area contributed by atoms with Crippen LogP contribution < -0.4 is 25.4 Å². The molecule has 0 heterocycles. The van der Waals surface area contributed by atoms with E-state index in [9.17, 15) is 4.79 Å². The minimum atomic E-state index is 0. The highest BCUT2D eigenvalue weighted by Crippen LogP contribution is 2.29. The van der Waals surface area contributed by atoms with Gasteiger partial charge in [-0.25, -0.2) is 0 Å². The number of amides is 1. The number of aliphatic imine (C=N–C) groups is 1. The van der Waals surface area contributed by atoms with Gasteiger partial charge in [-0.2, -0.15) is 0 Å². The summed E-state index contributed by atoms with van der Waals surface area (Å²) in [5.41, 5.74) is 0.822. The van der Waals surface area contributed by atoms with E-state index in [1.165, 1.54) is 19.3 Å². The predicted molar refractivity (Wildman–Crippen MR) is 120 cm³/mol. The standard InChI is InChI=1S/C19H30N4O3.HI/c1-20-19(23-15-9-10-16(25-2)17(13-15)26-3)21-12-11-18(24)22-14-7-5-4-6-8-14;/h9-10,13-14H,4-8,11-12H2,1-3H3,(H,22,24)(H2,20,21,23);1H. The maximum atomic E-state index is 12.1. The number of carbonyl (C=O) groups excluding carboxylic acids is 1. The van der Waals surface area contributed by atoms with E-state index in [4.69, 9.17) is 9.47 Å². The fraction of sp³-hybridized carbons (Fsp3) is 0.579. The molecule has 1 aliphatic rings. The summed E-state index contributed by atoms with van der Waals surface area (Å²) in [4.78, 5) is 16.2. The van der Waals surface area contributed by atoms with Crippen LogP contribution in [0.1, 0.15) is 38.5 Å². The summed E-state index contributed by atoms with van der Waals surface area (Å²) in [6.45, 7) is 0.519. The van der Waals surface area contributed by atoms with Crippen molar-refractivity contribution in [3.05, 3.63) is 18.2 Å². The van der Waals surface area contributed by atoms with Crippen molar-refractivity contribution < 1.29 is 14.3 Å². The Kier molecular flexibility index (Phi) is 10.9. The zero-order valence-electron chi connectivity index (χ0n) is 16.3. The van der Waals surface area contributed by atoms with Gasteiger partial charge in [0.15, 0.2) is 17.5 Å². The van der Waals surface area contributed by atoms with Crippen molar-refractivity contribution in [3.63, 3.8) is 0 Å². The van der Waals surface area contributed by atoms with Crippen molar-refractivity contribution in [2.75, 3.05) is 33.1 Å². The molecule has 0 unspecified atom stereocenters. The van der Waals surface area contributed by atoms with Gasteiger partial charge in [-0.1, -0.05) is 19.3 Å². The Hall–Kier alpha value is -1.71. The van der Waals surface area contributed by atoms with E-state index >= 15 is 0 Å². The Morgan fingerprint density at radius 1 is 1.15 bits per heavy atom. The number of benzene rings is 1. The minimum Gasteiger partial charge on any atom is -0.493 e. The van der Waals surface area contributed by atoms with E-state index in [0.29, 0.717) is 36.5 Å². The number of ether oxygens (including phenoxy) is 2. The van der Waals surface area contributed by atoms with E-state index in [1.54, 1.807) is 21.3 Å². The second kappa shape index (κ2) is 12.6. The normalized spacial score (nSPS) is 14.7. The van der Waals surface area contributed by atoms with E-state index in [0.717, 1.165) is 18.5 Å². The molecule has 0 spiro atoms. The third-order valence-electron chi connectivity index (χ3n) is 4.48. The summed E-state index contributed by atoms with van der Waals surface area (Å²) in [6, 6.07) is 5.89. The van der Waals surface area contributed by atoms with E-state index in [-0.39, 0.29) is 29.9 Å². The molecule has 0 saturated heterocycles. The molecule has 27 heavy (non-hydrogen) atoms. The van der Waals surface area contributed by atoms with Gasteiger partial charge in [-0.3, -0.25) is 9.79 Å². The van der Waals surface area contributed by atoms with Gasteiger partial charge in [0.25, 0.3) is 0 Å². The molecular weight excluding hydrogens is 459 g/mol. The maximum absolute atomic E-state index is 12.1. The van der Waals surface area contributed by atoms with Crippen molar-refractivity contribution in [1.29, 1.82) is 0 Å². The van der Waals surface area contributed by atoms with Crippen molar-refractivity contribution in [2.24, 2.45) is 4.99 Å². The lowest BCUT2D eigenvalue weighted by Crippen LogP contribution is -2.39. The number of hydrogen-bond acceptors (Lipinski definition) is 4. The molecule has 0 aromatic heterocycles. The average molecular weight is 490 g/mol. The summed E-state index contributed by atoms with van der Waals surface area (Å²) in [7, 11) is 4.89. The van der Waals surface area contributed by atoms with Crippen molar-refractivity contribution in [1.82, 2.24) is 10.6 Å². The molecule has 1 aromatic carbocycles. The second-order valence-electron chi connectivity index (χ2n) is 6.35. The number of carbonyl (C=O) groups is 1. The number of rotatable bonds is 7. The molecule has 3 N–H and O–H groups in total. The molecule has 1 saturated carbocycles. The van der Waals surface area contributed by atoms with Gasteiger partial charge in [0.2, 0.25) is 5.91 Å². The third-order valence-corrected chi connectivity index (χ3v) is 4.48. The summed E-state index contributed by atoms with van der Waals surface area (Å²) in [6.07, 6.45) is 6.33. The van der Waals surface area contributed by atoms with Crippen molar-refractivity contribution in [2.45, 2.75) is 44.6 Å². The fourth-order valence-electron chi connectivity index (χ4n) is 3.07. The summed E-state index contributed by atoms with van der Waals surface area (Å²) < 4.78 is 10.5. The summed E-state index contributed by atoms with van der Waals surface area (Å²) >= 11 is 0. The van der Waals surface area contributed by atoms with Crippen LogP contribution in [0.5, 0.6) is 11.5 Å². The van der Waals surface area contributed by atoms with Gasteiger partial charge < -0.3 is 25.4 Å². The van der Waals surface area contributed by atoms with Crippen molar-refractivity contribution in [3.8, 4) is 11.5 Å². The lowest BCUT2D eigenvalue weighted by Gasteiger charge is -2.22. The number of hydrogen-bond donors (Lipinski definition) is 3. The quantitative estimate of drug-likeness (QED) is 0.311.